The van der Waals surface area contributed by atoms with Gasteiger partial charge in [0.2, 0.25) is 0 Å². The second kappa shape index (κ2) is 6.10. The Balaban J connectivity index is 1.85. The third kappa shape index (κ3) is 2.54. The average molecular weight is 275 g/mol. The molecular formula is C16H25N3O. The maximum Gasteiger partial charge on any atom is 0.132 e. The number of hydrogen-bond acceptors (Lipinski definition) is 4. The van der Waals surface area contributed by atoms with Gasteiger partial charge in [-0.25, -0.2) is 4.98 Å². The van der Waals surface area contributed by atoms with Crippen LogP contribution >= 0.6 is 0 Å². The Morgan fingerprint density at radius 3 is 3.00 bits per heavy atom. The van der Waals surface area contributed by atoms with Crippen LogP contribution in [-0.4, -0.2) is 36.8 Å². The Kier molecular flexibility index (Phi) is 4.22. The second-order valence-corrected chi connectivity index (χ2v) is 6.03. The third-order valence-electron chi connectivity index (χ3n) is 4.77. The van der Waals surface area contributed by atoms with E-state index in [0.717, 1.165) is 43.9 Å². The van der Waals surface area contributed by atoms with Gasteiger partial charge in [0.25, 0.3) is 0 Å². The average Bonchev–Trinajstić information content (AvgIpc) is 2.42. The SMILES string of the molecule is CNCCN1CCCc2c(C(O)C3CCC3)ccnc21. The largest absolute Gasteiger partial charge is 0.388 e. The molecule has 0 bridgehead atoms. The highest BCUT2D eigenvalue weighted by Crippen LogP contribution is 2.40. The molecule has 2 aliphatic rings. The molecule has 1 aliphatic carbocycles. The maximum absolute atomic E-state index is 10.6. The molecule has 2 N–H and O–H groups in total. The zero-order chi connectivity index (χ0) is 13.9. The number of aromatic nitrogens is 1. The monoisotopic (exact) mass is 275 g/mol. The molecule has 4 nitrogen and oxygen atoms in total. The first-order chi connectivity index (χ1) is 9.81. The van der Waals surface area contributed by atoms with E-state index in [4.69, 9.17) is 0 Å². The van der Waals surface area contributed by atoms with Crippen molar-refractivity contribution >= 4 is 5.82 Å². The minimum absolute atomic E-state index is 0.287. The lowest BCUT2D eigenvalue weighted by Crippen LogP contribution is -2.36. The van der Waals surface area contributed by atoms with Crippen molar-refractivity contribution in [1.29, 1.82) is 0 Å². The van der Waals surface area contributed by atoms with E-state index < -0.39 is 0 Å². The van der Waals surface area contributed by atoms with Gasteiger partial charge in [-0.05, 0) is 50.3 Å². The number of rotatable bonds is 5. The normalized spacial score (nSPS) is 20.4. The van der Waals surface area contributed by atoms with Gasteiger partial charge >= 0.3 is 0 Å². The molecule has 1 unspecified atom stereocenters. The standard InChI is InChI=1S/C16H25N3O/c1-17-9-11-19-10-3-6-14-13(7-8-18-16(14)19)15(20)12-4-2-5-12/h7-8,12,15,17,20H,2-6,9-11H2,1H3. The van der Waals surface area contributed by atoms with Gasteiger partial charge in [-0.3, -0.25) is 0 Å². The van der Waals surface area contributed by atoms with Gasteiger partial charge in [-0.15, -0.1) is 0 Å². The molecule has 110 valence electrons. The summed E-state index contributed by atoms with van der Waals surface area (Å²) >= 11 is 0. The number of anilines is 1. The highest BCUT2D eigenvalue weighted by Gasteiger charge is 2.30. The number of fused-ring (bicyclic) bond motifs is 1. The van der Waals surface area contributed by atoms with Crippen LogP contribution in [0.4, 0.5) is 5.82 Å². The zero-order valence-corrected chi connectivity index (χ0v) is 12.3. The van der Waals surface area contributed by atoms with Crippen molar-refractivity contribution in [3.8, 4) is 0 Å². The Bertz CT molecular complexity index is 459. The molecule has 0 amide bonds. The highest BCUT2D eigenvalue weighted by atomic mass is 16.3. The number of aliphatic hydroxyl groups excluding tert-OH is 1. The molecular weight excluding hydrogens is 250 g/mol. The summed E-state index contributed by atoms with van der Waals surface area (Å²) < 4.78 is 0. The molecule has 2 heterocycles. The first-order valence-electron chi connectivity index (χ1n) is 7.86. The predicted octanol–water partition coefficient (Wildman–Crippen LogP) is 1.89. The van der Waals surface area contributed by atoms with E-state index in [-0.39, 0.29) is 6.10 Å². The molecule has 0 aromatic carbocycles. The fourth-order valence-corrected chi connectivity index (χ4v) is 3.33. The van der Waals surface area contributed by atoms with Crippen LogP contribution < -0.4 is 10.2 Å². The smallest absolute Gasteiger partial charge is 0.132 e. The summed E-state index contributed by atoms with van der Waals surface area (Å²) in [6, 6.07) is 2.03. The fraction of sp³-hybridized carbons (Fsp3) is 0.688. The predicted molar refractivity (Wildman–Crippen MR) is 81.0 cm³/mol. The highest BCUT2D eigenvalue weighted by molar-refractivity contribution is 5.53. The van der Waals surface area contributed by atoms with Crippen molar-refractivity contribution in [3.05, 3.63) is 23.4 Å². The molecule has 0 saturated heterocycles. The van der Waals surface area contributed by atoms with Crippen LogP contribution in [0.25, 0.3) is 0 Å². The van der Waals surface area contributed by atoms with Gasteiger partial charge in [0.05, 0.1) is 6.10 Å². The number of aliphatic hydroxyl groups is 1. The number of nitrogens with one attached hydrogen (secondary N) is 1. The lowest BCUT2D eigenvalue weighted by molar-refractivity contribution is 0.0613. The first-order valence-corrected chi connectivity index (χ1v) is 7.86. The summed E-state index contributed by atoms with van der Waals surface area (Å²) in [6.45, 7) is 3.03. The summed E-state index contributed by atoms with van der Waals surface area (Å²) in [7, 11) is 1.98. The topological polar surface area (TPSA) is 48.4 Å². The Labute approximate surface area is 121 Å². The molecule has 1 fully saturated rings. The van der Waals surface area contributed by atoms with E-state index in [9.17, 15) is 5.11 Å². The molecule has 4 heteroatoms. The number of pyridine rings is 1. The van der Waals surface area contributed by atoms with E-state index in [1.54, 1.807) is 0 Å². The van der Waals surface area contributed by atoms with E-state index in [0.29, 0.717) is 5.92 Å². The second-order valence-electron chi connectivity index (χ2n) is 6.03. The maximum atomic E-state index is 10.6. The van der Waals surface area contributed by atoms with Crippen molar-refractivity contribution in [2.75, 3.05) is 31.6 Å². The van der Waals surface area contributed by atoms with Crippen LogP contribution in [-0.2, 0) is 6.42 Å². The van der Waals surface area contributed by atoms with Gasteiger partial charge in [0.1, 0.15) is 5.82 Å². The van der Waals surface area contributed by atoms with Gasteiger partial charge < -0.3 is 15.3 Å². The molecule has 0 radical (unpaired) electrons. The molecule has 1 saturated carbocycles. The summed E-state index contributed by atoms with van der Waals surface area (Å²) in [4.78, 5) is 6.94. The van der Waals surface area contributed by atoms with Crippen LogP contribution in [0.15, 0.2) is 12.3 Å². The first kappa shape index (κ1) is 13.8. The number of hydrogen-bond donors (Lipinski definition) is 2. The molecule has 3 rings (SSSR count). The Hall–Kier alpha value is -1.13. The fourth-order valence-electron chi connectivity index (χ4n) is 3.33. The van der Waals surface area contributed by atoms with Crippen LogP contribution in [0.5, 0.6) is 0 Å². The zero-order valence-electron chi connectivity index (χ0n) is 12.3. The summed E-state index contributed by atoms with van der Waals surface area (Å²) in [5, 5.41) is 13.8. The van der Waals surface area contributed by atoms with Gasteiger partial charge in [0, 0.05) is 31.4 Å². The Morgan fingerprint density at radius 1 is 1.45 bits per heavy atom. The van der Waals surface area contributed by atoms with E-state index in [1.165, 1.54) is 24.8 Å². The lowest BCUT2D eigenvalue weighted by atomic mass is 9.77. The van der Waals surface area contributed by atoms with E-state index in [1.807, 2.05) is 19.3 Å². The quantitative estimate of drug-likeness (QED) is 0.861. The third-order valence-corrected chi connectivity index (χ3v) is 4.77. The van der Waals surface area contributed by atoms with Crippen molar-refractivity contribution in [3.63, 3.8) is 0 Å². The number of likely N-dealkylation sites (N-methyl/N-ethyl adjacent to an activating group) is 1. The molecule has 1 aromatic rings. The molecule has 0 spiro atoms. The molecule has 20 heavy (non-hydrogen) atoms. The number of nitrogens with zero attached hydrogens (tertiary/aromatic N) is 2. The van der Waals surface area contributed by atoms with Crippen molar-refractivity contribution in [1.82, 2.24) is 10.3 Å². The van der Waals surface area contributed by atoms with Gasteiger partial charge in [-0.1, -0.05) is 6.42 Å². The summed E-state index contributed by atoms with van der Waals surface area (Å²) in [6.07, 6.45) is 7.40. The van der Waals surface area contributed by atoms with Crippen LogP contribution in [0, 0.1) is 5.92 Å². The van der Waals surface area contributed by atoms with Crippen LogP contribution in [0.1, 0.15) is 42.9 Å². The van der Waals surface area contributed by atoms with E-state index in [2.05, 4.69) is 15.2 Å². The Morgan fingerprint density at radius 2 is 2.30 bits per heavy atom. The summed E-state index contributed by atoms with van der Waals surface area (Å²) in [5.74, 6) is 1.57. The van der Waals surface area contributed by atoms with Gasteiger partial charge in [-0.2, -0.15) is 0 Å². The minimum Gasteiger partial charge on any atom is -0.388 e. The molecule has 1 aromatic heterocycles. The summed E-state index contributed by atoms with van der Waals surface area (Å²) in [5.41, 5.74) is 2.42. The van der Waals surface area contributed by atoms with Crippen LogP contribution in [0.3, 0.4) is 0 Å². The molecule has 1 aliphatic heterocycles. The van der Waals surface area contributed by atoms with Crippen molar-refractivity contribution in [2.45, 2.75) is 38.2 Å². The van der Waals surface area contributed by atoms with Crippen LogP contribution in [0.2, 0.25) is 0 Å². The van der Waals surface area contributed by atoms with Crippen molar-refractivity contribution in [2.24, 2.45) is 5.92 Å². The molecule has 1 atom stereocenters. The lowest BCUT2D eigenvalue weighted by Gasteiger charge is -2.35. The minimum atomic E-state index is -0.287. The van der Waals surface area contributed by atoms with Gasteiger partial charge in [0.15, 0.2) is 0 Å². The van der Waals surface area contributed by atoms with E-state index >= 15 is 0 Å². The van der Waals surface area contributed by atoms with Crippen molar-refractivity contribution < 1.29 is 5.11 Å².